The molecular formula is C28H34N4O3. The number of amides is 2. The third-order valence-electron chi connectivity index (χ3n) is 6.33. The molecule has 0 spiro atoms. The summed E-state index contributed by atoms with van der Waals surface area (Å²) in [5.41, 5.74) is 4.71. The van der Waals surface area contributed by atoms with Gasteiger partial charge >= 0.3 is 6.03 Å². The Balaban J connectivity index is 1.73. The lowest BCUT2D eigenvalue weighted by Gasteiger charge is -2.35. The maximum absolute atomic E-state index is 13.1. The zero-order chi connectivity index (χ0) is 24.9. The highest BCUT2D eigenvalue weighted by atomic mass is 16.5. The highest BCUT2D eigenvalue weighted by molar-refractivity contribution is 5.86. The molecule has 0 saturated heterocycles. The van der Waals surface area contributed by atoms with E-state index in [2.05, 4.69) is 55.5 Å². The molecule has 0 saturated carbocycles. The van der Waals surface area contributed by atoms with Crippen molar-refractivity contribution in [3.05, 3.63) is 71.2 Å². The molecule has 1 N–H and O–H groups in total. The first-order valence-electron chi connectivity index (χ1n) is 12.4. The summed E-state index contributed by atoms with van der Waals surface area (Å²) in [6.45, 7) is 11.6. The first-order chi connectivity index (χ1) is 16.9. The van der Waals surface area contributed by atoms with Crippen LogP contribution in [0.1, 0.15) is 64.1 Å². The first kappa shape index (κ1) is 24.5. The molecule has 1 aromatic heterocycles. The lowest BCUT2D eigenvalue weighted by atomic mass is 9.93. The molecule has 7 heteroatoms. The number of hydrogen-bond donors (Lipinski definition) is 1. The lowest BCUT2D eigenvalue weighted by Crippen LogP contribution is -2.46. The van der Waals surface area contributed by atoms with Crippen LogP contribution in [0.25, 0.3) is 17.0 Å². The summed E-state index contributed by atoms with van der Waals surface area (Å²) in [5, 5.41) is 7.43. The summed E-state index contributed by atoms with van der Waals surface area (Å²) in [6.07, 6.45) is 1.85. The van der Waals surface area contributed by atoms with Crippen molar-refractivity contribution in [2.75, 3.05) is 13.2 Å². The second-order valence-corrected chi connectivity index (χ2v) is 9.19. The minimum atomic E-state index is -0.377. The molecule has 1 aliphatic rings. The molecule has 2 amide bonds. The van der Waals surface area contributed by atoms with Gasteiger partial charge in [0.2, 0.25) is 5.82 Å². The van der Waals surface area contributed by atoms with Gasteiger partial charge in [-0.15, -0.1) is 0 Å². The van der Waals surface area contributed by atoms with Crippen LogP contribution in [-0.4, -0.2) is 34.2 Å². The highest BCUT2D eigenvalue weighted by Gasteiger charge is 2.35. The second-order valence-electron chi connectivity index (χ2n) is 9.19. The number of aromatic nitrogens is 2. The smallest absolute Gasteiger partial charge is 0.322 e. The number of hydrogen-bond acceptors (Lipinski definition) is 5. The van der Waals surface area contributed by atoms with Crippen molar-refractivity contribution in [2.24, 2.45) is 5.92 Å². The minimum Gasteiger partial charge on any atom is -0.494 e. The largest absolute Gasteiger partial charge is 0.494 e. The van der Waals surface area contributed by atoms with Crippen molar-refractivity contribution < 1.29 is 14.1 Å². The van der Waals surface area contributed by atoms with Crippen LogP contribution in [0.15, 0.2) is 58.8 Å². The molecule has 35 heavy (non-hydrogen) atoms. The molecule has 0 fully saturated rings. The Bertz CT molecular complexity index is 1180. The molecule has 1 aliphatic heterocycles. The summed E-state index contributed by atoms with van der Waals surface area (Å²) in [6, 6.07) is 15.4. The molecule has 1 atom stereocenters. The van der Waals surface area contributed by atoms with E-state index in [0.29, 0.717) is 30.8 Å². The Hall–Kier alpha value is -3.61. The molecule has 0 aliphatic carbocycles. The van der Waals surface area contributed by atoms with E-state index in [0.717, 1.165) is 41.0 Å². The second kappa shape index (κ2) is 10.8. The van der Waals surface area contributed by atoms with Gasteiger partial charge in [0, 0.05) is 17.8 Å². The molecule has 4 rings (SSSR count). The zero-order valence-electron chi connectivity index (χ0n) is 21.2. The Kier molecular flexibility index (Phi) is 7.54. The number of urea groups is 1. The maximum atomic E-state index is 13.1. The normalized spacial score (nSPS) is 16.1. The zero-order valence-corrected chi connectivity index (χ0v) is 21.2. The van der Waals surface area contributed by atoms with Crippen LogP contribution < -0.4 is 10.1 Å². The van der Waals surface area contributed by atoms with E-state index in [1.165, 1.54) is 5.56 Å². The SMILES string of the molecule is CCOc1ccc(-c2noc(C3=C(C)N(CCC(C)C)C(=O)NC3c3ccc(CC)cc3)n2)cc1. The fourth-order valence-corrected chi connectivity index (χ4v) is 4.23. The highest BCUT2D eigenvalue weighted by Crippen LogP contribution is 2.37. The van der Waals surface area contributed by atoms with E-state index in [1.54, 1.807) is 4.90 Å². The van der Waals surface area contributed by atoms with Gasteiger partial charge in [0.15, 0.2) is 0 Å². The molecule has 0 radical (unpaired) electrons. The van der Waals surface area contributed by atoms with Crippen LogP contribution in [0.2, 0.25) is 0 Å². The molecule has 0 bridgehead atoms. The quantitative estimate of drug-likeness (QED) is 0.397. The molecule has 1 unspecified atom stereocenters. The number of nitrogens with one attached hydrogen (secondary N) is 1. The summed E-state index contributed by atoms with van der Waals surface area (Å²) in [7, 11) is 0. The molecule has 3 aromatic rings. The van der Waals surface area contributed by atoms with Crippen LogP contribution >= 0.6 is 0 Å². The van der Waals surface area contributed by atoms with Crippen LogP contribution in [0.3, 0.4) is 0 Å². The lowest BCUT2D eigenvalue weighted by molar-refractivity contribution is 0.202. The topological polar surface area (TPSA) is 80.5 Å². The number of aryl methyl sites for hydroxylation is 1. The van der Waals surface area contributed by atoms with Gasteiger partial charge in [-0.05, 0) is 68.0 Å². The number of carbonyl (C=O) groups is 1. The predicted octanol–water partition coefficient (Wildman–Crippen LogP) is 6.24. The van der Waals surface area contributed by atoms with Crippen molar-refractivity contribution in [3.63, 3.8) is 0 Å². The molecule has 7 nitrogen and oxygen atoms in total. The van der Waals surface area contributed by atoms with Gasteiger partial charge < -0.3 is 14.6 Å². The monoisotopic (exact) mass is 474 g/mol. The molecule has 184 valence electrons. The van der Waals surface area contributed by atoms with Crippen molar-refractivity contribution >= 4 is 11.6 Å². The van der Waals surface area contributed by atoms with Crippen molar-refractivity contribution in [1.29, 1.82) is 0 Å². The fraction of sp³-hybridized carbons (Fsp3) is 0.393. The van der Waals surface area contributed by atoms with Crippen molar-refractivity contribution in [1.82, 2.24) is 20.4 Å². The van der Waals surface area contributed by atoms with Crippen LogP contribution in [0, 0.1) is 5.92 Å². The van der Waals surface area contributed by atoms with E-state index in [-0.39, 0.29) is 12.1 Å². The Morgan fingerprint density at radius 1 is 1.09 bits per heavy atom. The van der Waals surface area contributed by atoms with E-state index in [1.807, 2.05) is 38.1 Å². The number of rotatable bonds is 9. The molecule has 2 heterocycles. The molecular weight excluding hydrogens is 440 g/mol. The maximum Gasteiger partial charge on any atom is 0.322 e. The Labute approximate surface area is 207 Å². The Morgan fingerprint density at radius 3 is 2.43 bits per heavy atom. The minimum absolute atomic E-state index is 0.109. The third-order valence-corrected chi connectivity index (χ3v) is 6.33. The van der Waals surface area contributed by atoms with Gasteiger partial charge in [0.25, 0.3) is 5.89 Å². The fourth-order valence-electron chi connectivity index (χ4n) is 4.23. The van der Waals surface area contributed by atoms with Gasteiger partial charge in [-0.2, -0.15) is 4.98 Å². The summed E-state index contributed by atoms with van der Waals surface area (Å²) >= 11 is 0. The van der Waals surface area contributed by atoms with Gasteiger partial charge in [-0.25, -0.2) is 4.79 Å². The van der Waals surface area contributed by atoms with Gasteiger partial charge in [0.1, 0.15) is 5.75 Å². The van der Waals surface area contributed by atoms with Crippen molar-refractivity contribution in [3.8, 4) is 17.1 Å². The number of benzene rings is 2. The summed E-state index contributed by atoms with van der Waals surface area (Å²) < 4.78 is 11.3. The van der Waals surface area contributed by atoms with E-state index >= 15 is 0 Å². The number of ether oxygens (including phenoxy) is 1. The first-order valence-corrected chi connectivity index (χ1v) is 12.4. The van der Waals surface area contributed by atoms with E-state index in [9.17, 15) is 4.79 Å². The van der Waals surface area contributed by atoms with Crippen LogP contribution in [0.5, 0.6) is 5.75 Å². The van der Waals surface area contributed by atoms with Gasteiger partial charge in [-0.1, -0.05) is 50.2 Å². The van der Waals surface area contributed by atoms with Crippen molar-refractivity contribution in [2.45, 2.75) is 53.5 Å². The van der Waals surface area contributed by atoms with Gasteiger partial charge in [-0.3, -0.25) is 4.90 Å². The summed E-state index contributed by atoms with van der Waals surface area (Å²) in [5.74, 6) is 2.18. The van der Waals surface area contributed by atoms with Crippen LogP contribution in [0.4, 0.5) is 4.79 Å². The average molecular weight is 475 g/mol. The van der Waals surface area contributed by atoms with E-state index in [4.69, 9.17) is 14.2 Å². The predicted molar refractivity (Wildman–Crippen MR) is 137 cm³/mol. The van der Waals surface area contributed by atoms with E-state index < -0.39 is 0 Å². The average Bonchev–Trinajstić information content (AvgIpc) is 3.34. The number of nitrogens with zero attached hydrogens (tertiary/aromatic N) is 3. The standard InChI is InChI=1S/C28H34N4O3/c1-6-20-8-10-21(11-9-20)25-24(19(5)32(28(33)29-25)17-16-18(3)4)27-30-26(31-35-27)22-12-14-23(15-13-22)34-7-2/h8-15,18,25H,6-7,16-17H2,1-5H3,(H,29,33). The number of carbonyl (C=O) groups excluding carboxylic acids is 1. The number of allylic oxidation sites excluding steroid dienone is 1. The Morgan fingerprint density at radius 2 is 1.80 bits per heavy atom. The third kappa shape index (κ3) is 5.39. The van der Waals surface area contributed by atoms with Crippen LogP contribution in [-0.2, 0) is 6.42 Å². The molecule has 2 aromatic carbocycles. The summed E-state index contributed by atoms with van der Waals surface area (Å²) in [4.78, 5) is 19.6. The van der Waals surface area contributed by atoms with Gasteiger partial charge in [0.05, 0.1) is 18.2 Å².